The zero-order valence-corrected chi connectivity index (χ0v) is 15.8. The lowest BCUT2D eigenvalue weighted by molar-refractivity contribution is -0.130. The Labute approximate surface area is 149 Å². The molecule has 8 heteroatoms. The number of carbonyl (C=O) groups excluding carboxylic acids is 1. The van der Waals surface area contributed by atoms with E-state index in [9.17, 15) is 13.2 Å². The van der Waals surface area contributed by atoms with E-state index in [1.807, 2.05) is 13.8 Å². The van der Waals surface area contributed by atoms with Crippen LogP contribution >= 0.6 is 0 Å². The van der Waals surface area contributed by atoms with Gasteiger partial charge < -0.3 is 9.42 Å². The Balaban J connectivity index is 1.51. The third kappa shape index (κ3) is 4.23. The molecule has 0 atom stereocenters. The average Bonchev–Trinajstić information content (AvgIpc) is 3.21. The van der Waals surface area contributed by atoms with E-state index < -0.39 is 9.84 Å². The maximum atomic E-state index is 12.4. The first-order chi connectivity index (χ1) is 11.9. The second-order valence-electron chi connectivity index (χ2n) is 7.17. The van der Waals surface area contributed by atoms with Crippen LogP contribution in [0.5, 0.6) is 0 Å². The van der Waals surface area contributed by atoms with E-state index in [-0.39, 0.29) is 16.9 Å². The van der Waals surface area contributed by atoms with Crippen LogP contribution in [0.2, 0.25) is 0 Å². The van der Waals surface area contributed by atoms with Crippen molar-refractivity contribution in [3.63, 3.8) is 0 Å². The summed E-state index contributed by atoms with van der Waals surface area (Å²) in [5.41, 5.74) is 2.00. The summed E-state index contributed by atoms with van der Waals surface area (Å²) >= 11 is 0. The van der Waals surface area contributed by atoms with Gasteiger partial charge >= 0.3 is 0 Å². The van der Waals surface area contributed by atoms with E-state index in [0.29, 0.717) is 25.9 Å². The molecule has 0 unspecified atom stereocenters. The number of amides is 1. The molecule has 140 valence electrons. The lowest BCUT2D eigenvalue weighted by atomic mass is 10.2. The van der Waals surface area contributed by atoms with Crippen LogP contribution in [0.25, 0.3) is 0 Å². The number of aromatic nitrogens is 1. The van der Waals surface area contributed by atoms with Crippen molar-refractivity contribution in [2.24, 2.45) is 0 Å². The van der Waals surface area contributed by atoms with Gasteiger partial charge in [0.1, 0.15) is 11.5 Å². The third-order valence-corrected chi connectivity index (χ3v) is 7.56. The van der Waals surface area contributed by atoms with Crippen LogP contribution in [0.1, 0.15) is 42.7 Å². The van der Waals surface area contributed by atoms with E-state index in [2.05, 4.69) is 10.1 Å². The summed E-state index contributed by atoms with van der Waals surface area (Å²) < 4.78 is 29.9. The van der Waals surface area contributed by atoms with Crippen molar-refractivity contribution in [2.75, 3.05) is 31.9 Å². The average molecular weight is 369 g/mol. The maximum absolute atomic E-state index is 12.4. The minimum atomic E-state index is -3.30. The van der Waals surface area contributed by atoms with Gasteiger partial charge in [0.2, 0.25) is 5.91 Å². The molecule has 2 fully saturated rings. The number of piperazine rings is 1. The molecule has 0 spiro atoms. The molecule has 2 heterocycles. The molecule has 0 bridgehead atoms. The summed E-state index contributed by atoms with van der Waals surface area (Å²) in [4.78, 5) is 16.3. The van der Waals surface area contributed by atoms with Gasteiger partial charge in [-0.1, -0.05) is 18.0 Å². The fourth-order valence-corrected chi connectivity index (χ4v) is 5.55. The van der Waals surface area contributed by atoms with Crippen LogP contribution in [0.15, 0.2) is 4.52 Å². The van der Waals surface area contributed by atoms with Gasteiger partial charge in [-0.25, -0.2) is 8.42 Å². The zero-order valence-electron chi connectivity index (χ0n) is 15.0. The van der Waals surface area contributed by atoms with Crippen molar-refractivity contribution in [3.8, 4) is 0 Å². The molecule has 0 N–H and O–H groups in total. The molecular weight excluding hydrogens is 342 g/mol. The Morgan fingerprint density at radius 1 is 1.16 bits per heavy atom. The largest absolute Gasteiger partial charge is 0.361 e. The minimum Gasteiger partial charge on any atom is -0.361 e. The lowest BCUT2D eigenvalue weighted by Gasteiger charge is -2.34. The standard InChI is InChI=1S/C17H27N3O4S/c1-13-16(14(2)24-18-13)11-19-7-9-20(10-8-19)17(21)12-25(22,23)15-5-3-4-6-15/h15H,3-12H2,1-2H3. The highest BCUT2D eigenvalue weighted by Gasteiger charge is 2.33. The van der Waals surface area contributed by atoms with Crippen molar-refractivity contribution in [3.05, 3.63) is 17.0 Å². The van der Waals surface area contributed by atoms with Gasteiger partial charge in [-0.2, -0.15) is 0 Å². The second-order valence-corrected chi connectivity index (χ2v) is 9.45. The summed E-state index contributed by atoms with van der Waals surface area (Å²) in [6.45, 7) is 7.20. The number of rotatable bonds is 5. The number of carbonyl (C=O) groups is 1. The van der Waals surface area contributed by atoms with Gasteiger partial charge in [-0.05, 0) is 26.7 Å². The Bertz CT molecular complexity index is 695. The first-order valence-electron chi connectivity index (χ1n) is 9.00. The highest BCUT2D eigenvalue weighted by atomic mass is 32.2. The van der Waals surface area contributed by atoms with Gasteiger partial charge in [-0.3, -0.25) is 9.69 Å². The lowest BCUT2D eigenvalue weighted by Crippen LogP contribution is -2.50. The fourth-order valence-electron chi connectivity index (χ4n) is 3.74. The molecule has 1 saturated carbocycles. The van der Waals surface area contributed by atoms with Crippen LogP contribution in [0, 0.1) is 13.8 Å². The smallest absolute Gasteiger partial charge is 0.237 e. The SMILES string of the molecule is Cc1noc(C)c1CN1CCN(C(=O)CS(=O)(=O)C2CCCC2)CC1. The number of aryl methyl sites for hydroxylation is 2. The van der Waals surface area contributed by atoms with Crippen molar-refractivity contribution in [2.45, 2.75) is 51.3 Å². The van der Waals surface area contributed by atoms with Gasteiger partial charge in [0.15, 0.2) is 9.84 Å². The van der Waals surface area contributed by atoms with Crippen molar-refractivity contribution < 1.29 is 17.7 Å². The topological polar surface area (TPSA) is 83.7 Å². The van der Waals surface area contributed by atoms with Gasteiger partial charge in [0.25, 0.3) is 0 Å². The van der Waals surface area contributed by atoms with Crippen LogP contribution < -0.4 is 0 Å². The van der Waals surface area contributed by atoms with Crippen LogP contribution in [0.3, 0.4) is 0 Å². The number of sulfone groups is 1. The van der Waals surface area contributed by atoms with E-state index in [0.717, 1.165) is 49.5 Å². The molecule has 1 aromatic rings. The van der Waals surface area contributed by atoms with Crippen molar-refractivity contribution in [1.29, 1.82) is 0 Å². The van der Waals surface area contributed by atoms with Gasteiger partial charge in [0, 0.05) is 38.3 Å². The Morgan fingerprint density at radius 2 is 1.80 bits per heavy atom. The molecule has 1 aliphatic heterocycles. The quantitative estimate of drug-likeness (QED) is 0.778. The number of hydrogen-bond donors (Lipinski definition) is 0. The Hall–Kier alpha value is -1.41. The molecule has 25 heavy (non-hydrogen) atoms. The van der Waals surface area contributed by atoms with Gasteiger partial charge in [-0.15, -0.1) is 0 Å². The first-order valence-corrected chi connectivity index (χ1v) is 10.7. The zero-order chi connectivity index (χ0) is 18.0. The summed E-state index contributed by atoms with van der Waals surface area (Å²) in [6.07, 6.45) is 3.33. The fraction of sp³-hybridized carbons (Fsp3) is 0.765. The van der Waals surface area contributed by atoms with E-state index in [4.69, 9.17) is 4.52 Å². The summed E-state index contributed by atoms with van der Waals surface area (Å²) in [7, 11) is -3.30. The summed E-state index contributed by atoms with van der Waals surface area (Å²) in [5, 5.41) is 3.66. The van der Waals surface area contributed by atoms with Crippen LogP contribution in [0.4, 0.5) is 0 Å². The number of nitrogens with zero attached hydrogens (tertiary/aromatic N) is 3. The monoisotopic (exact) mass is 369 g/mol. The van der Waals surface area contributed by atoms with E-state index in [1.165, 1.54) is 0 Å². The highest BCUT2D eigenvalue weighted by molar-refractivity contribution is 7.92. The molecular formula is C17H27N3O4S. The van der Waals surface area contributed by atoms with E-state index in [1.54, 1.807) is 4.90 Å². The second kappa shape index (κ2) is 7.45. The van der Waals surface area contributed by atoms with E-state index >= 15 is 0 Å². The molecule has 2 aliphatic rings. The molecule has 1 amide bonds. The summed E-state index contributed by atoms with van der Waals surface area (Å²) in [6, 6.07) is 0. The normalized spacial score (nSPS) is 20.3. The summed E-state index contributed by atoms with van der Waals surface area (Å²) in [5.74, 6) is 0.254. The molecule has 7 nitrogen and oxygen atoms in total. The van der Waals surface area contributed by atoms with Gasteiger partial charge in [0.05, 0.1) is 10.9 Å². The molecule has 0 aromatic carbocycles. The molecule has 1 aliphatic carbocycles. The first kappa shape index (κ1) is 18.4. The maximum Gasteiger partial charge on any atom is 0.237 e. The molecule has 1 aromatic heterocycles. The molecule has 3 rings (SSSR count). The van der Waals surface area contributed by atoms with Crippen molar-refractivity contribution >= 4 is 15.7 Å². The third-order valence-electron chi connectivity index (χ3n) is 5.42. The van der Waals surface area contributed by atoms with Crippen LogP contribution in [-0.4, -0.2) is 66.5 Å². The Kier molecular flexibility index (Phi) is 5.48. The predicted molar refractivity (Wildman–Crippen MR) is 93.9 cm³/mol. The minimum absolute atomic E-state index is 0.246. The van der Waals surface area contributed by atoms with Crippen molar-refractivity contribution in [1.82, 2.24) is 15.0 Å². The highest BCUT2D eigenvalue weighted by Crippen LogP contribution is 2.25. The van der Waals surface area contributed by atoms with Crippen LogP contribution in [-0.2, 0) is 21.2 Å². The Morgan fingerprint density at radius 3 is 2.36 bits per heavy atom. The molecule has 1 saturated heterocycles. The number of hydrogen-bond acceptors (Lipinski definition) is 6. The molecule has 0 radical (unpaired) electrons. The predicted octanol–water partition coefficient (Wildman–Crippen LogP) is 1.29.